The van der Waals surface area contributed by atoms with Crippen molar-refractivity contribution in [3.8, 4) is 0 Å². The highest BCUT2D eigenvalue weighted by atomic mass is 16.7. The van der Waals surface area contributed by atoms with E-state index in [-0.39, 0.29) is 23.8 Å². The third kappa shape index (κ3) is 105. The van der Waals surface area contributed by atoms with Gasteiger partial charge in [-0.3, -0.25) is 24.0 Å². The van der Waals surface area contributed by atoms with Crippen molar-refractivity contribution in [2.45, 2.75) is 27.2 Å². The smallest absolute Gasteiger partial charge is 0.481 e. The summed E-state index contributed by atoms with van der Waals surface area (Å²) in [6.07, 6.45) is -1.62. The van der Waals surface area contributed by atoms with Crippen molar-refractivity contribution in [3.63, 3.8) is 0 Å². The lowest BCUT2D eigenvalue weighted by Gasteiger charge is -1.91. The van der Waals surface area contributed by atoms with E-state index in [0.717, 1.165) is 7.11 Å². The van der Waals surface area contributed by atoms with E-state index in [0.29, 0.717) is 0 Å². The first kappa shape index (κ1) is 52.6. The number of carbonyl (C=O) groups is 8. The van der Waals surface area contributed by atoms with Gasteiger partial charge in [0.25, 0.3) is 0 Å². The summed E-state index contributed by atoms with van der Waals surface area (Å²) >= 11 is 0. The van der Waals surface area contributed by atoms with Crippen LogP contribution in [-0.4, -0.2) is 124 Å². The second-order valence-electron chi connectivity index (χ2n) is 5.68. The van der Waals surface area contributed by atoms with Crippen LogP contribution in [0.4, 0.5) is 14.4 Å². The normalized spacial score (nSPS) is 7.15. The summed E-state index contributed by atoms with van der Waals surface area (Å²) in [7, 11) is 14.2. The summed E-state index contributed by atoms with van der Waals surface area (Å²) in [5.41, 5.74) is 0. The molecule has 0 radical (unpaired) electrons. The van der Waals surface area contributed by atoms with Crippen molar-refractivity contribution < 1.29 is 67.1 Å². The molecule has 0 aliphatic carbocycles. The quantitative estimate of drug-likeness (QED) is 0.128. The number of amides is 5. The highest BCUT2D eigenvalue weighted by Crippen LogP contribution is 1.81. The van der Waals surface area contributed by atoms with Gasteiger partial charge < -0.3 is 55.4 Å². The van der Waals surface area contributed by atoms with Gasteiger partial charge in [0, 0.05) is 56.0 Å². The van der Waals surface area contributed by atoms with Gasteiger partial charge in [0.05, 0.1) is 35.5 Å². The summed E-state index contributed by atoms with van der Waals surface area (Å²) in [6, 6.07) is -0.157. The molecule has 0 rings (SSSR count). The van der Waals surface area contributed by atoms with Gasteiger partial charge in [0.15, 0.2) is 0 Å². The van der Waals surface area contributed by atoms with E-state index in [2.05, 4.69) is 50.3 Å². The van der Waals surface area contributed by atoms with Crippen LogP contribution in [0, 0.1) is 0 Å². The number of carbonyl (C=O) groups excluding carboxylic acids is 7. The highest BCUT2D eigenvalue weighted by Gasteiger charge is 2.04. The van der Waals surface area contributed by atoms with Crippen LogP contribution in [0.2, 0.25) is 0 Å². The van der Waals surface area contributed by atoms with Crippen LogP contribution in [-0.2, 0) is 47.7 Å². The van der Waals surface area contributed by atoms with E-state index < -0.39 is 30.6 Å². The summed E-state index contributed by atoms with van der Waals surface area (Å²) in [4.78, 5) is 78.2. The Hall–Kier alpha value is -4.84. The monoisotopic (exact) mass is 605 g/mol. The molecule has 5 amide bonds. The first-order valence-corrected chi connectivity index (χ1v) is 10.9. The molecule has 0 bridgehead atoms. The molecule has 0 fully saturated rings. The van der Waals surface area contributed by atoms with Crippen molar-refractivity contribution in [1.29, 1.82) is 0 Å². The minimum absolute atomic E-state index is 0.00463. The predicted octanol–water partition coefficient (Wildman–Crippen LogP) is -0.765. The maximum Gasteiger partial charge on any atom is 0.507 e. The van der Waals surface area contributed by atoms with Crippen LogP contribution in [0.25, 0.3) is 0 Å². The molecule has 6 N–H and O–H groups in total. The fourth-order valence-corrected chi connectivity index (χ4v) is 0.506. The number of hydrogen-bond donors (Lipinski definition) is 6. The lowest BCUT2D eigenvalue weighted by atomic mass is 10.4. The summed E-state index contributed by atoms with van der Waals surface area (Å²) in [5.74, 6) is -2.13. The number of carboxylic acids is 1. The lowest BCUT2D eigenvalue weighted by molar-refractivity contribution is -0.149. The molecule has 0 saturated heterocycles. The molecule has 41 heavy (non-hydrogen) atoms. The maximum absolute atomic E-state index is 10.0. The summed E-state index contributed by atoms with van der Waals surface area (Å²) in [6.45, 7) is 4.31. The molecule has 0 saturated carbocycles. The van der Waals surface area contributed by atoms with E-state index in [1.807, 2.05) is 0 Å². The van der Waals surface area contributed by atoms with Gasteiger partial charge in [-0.15, -0.1) is 0 Å². The number of ether oxygens (including phenoxy) is 5. The van der Waals surface area contributed by atoms with Gasteiger partial charge >= 0.3 is 36.2 Å². The second-order valence-corrected chi connectivity index (χ2v) is 5.68. The third-order valence-corrected chi connectivity index (χ3v) is 2.69. The maximum atomic E-state index is 10.0. The van der Waals surface area contributed by atoms with Crippen LogP contribution in [0.15, 0.2) is 0 Å². The number of rotatable bonds is 2. The minimum atomic E-state index is -1.17. The molecule has 0 aromatic carbocycles. The number of nitrogens with one attached hydrogen (secondary N) is 5. The average molecular weight is 606 g/mol. The molecule has 0 unspecified atom stereocenters. The SMILES string of the molecule is CNC(=O)NC.CNC(=O)OC.CNC(C)=O.CNC(C)=O.COC(=O)CC(=O)O.COC(=O)OC.COC(C)=O. The van der Waals surface area contributed by atoms with Crippen molar-refractivity contribution >= 4 is 48.0 Å². The molecule has 0 aromatic heterocycles. The molecule has 19 heteroatoms. The van der Waals surface area contributed by atoms with Crippen LogP contribution in [0.3, 0.4) is 0 Å². The Morgan fingerprint density at radius 1 is 0.537 bits per heavy atom. The Bertz CT molecular complexity index is 629. The molecule has 244 valence electrons. The number of urea groups is 1. The Balaban J connectivity index is -0.0000000662. The highest BCUT2D eigenvalue weighted by molar-refractivity contribution is 5.89. The van der Waals surface area contributed by atoms with Crippen molar-refractivity contribution in [1.82, 2.24) is 26.6 Å². The molecule has 0 atom stereocenters. The average Bonchev–Trinajstić information content (AvgIpc) is 2.96. The zero-order valence-corrected chi connectivity index (χ0v) is 26.0. The zero-order valence-electron chi connectivity index (χ0n) is 26.0. The number of hydrogen-bond acceptors (Lipinski definition) is 13. The van der Waals surface area contributed by atoms with Crippen LogP contribution in [0.5, 0.6) is 0 Å². The van der Waals surface area contributed by atoms with E-state index >= 15 is 0 Å². The van der Waals surface area contributed by atoms with E-state index in [1.54, 1.807) is 28.2 Å². The van der Waals surface area contributed by atoms with E-state index in [1.165, 1.54) is 56.3 Å². The number of carboxylic acid groups (broad SMARTS) is 1. The van der Waals surface area contributed by atoms with Crippen molar-refractivity contribution in [2.75, 3.05) is 70.8 Å². The summed E-state index contributed by atoms with van der Waals surface area (Å²) < 4.78 is 20.4. The van der Waals surface area contributed by atoms with Gasteiger partial charge in [-0.25, -0.2) is 14.4 Å². The Morgan fingerprint density at radius 2 is 0.854 bits per heavy atom. The van der Waals surface area contributed by atoms with Gasteiger partial charge in [-0.2, -0.15) is 0 Å². The topological polar surface area (TPSA) is 263 Å². The van der Waals surface area contributed by atoms with Gasteiger partial charge in [0.1, 0.15) is 6.42 Å². The Morgan fingerprint density at radius 3 is 0.878 bits per heavy atom. The first-order chi connectivity index (χ1) is 18.9. The van der Waals surface area contributed by atoms with Crippen molar-refractivity contribution in [3.05, 3.63) is 0 Å². The molecule has 0 spiro atoms. The lowest BCUT2D eigenvalue weighted by Crippen LogP contribution is -2.28. The third-order valence-electron chi connectivity index (χ3n) is 2.69. The number of methoxy groups -OCH3 is 5. The Labute approximate surface area is 240 Å². The van der Waals surface area contributed by atoms with Crippen molar-refractivity contribution in [2.24, 2.45) is 0 Å². The fourth-order valence-electron chi connectivity index (χ4n) is 0.506. The van der Waals surface area contributed by atoms with Crippen LogP contribution in [0.1, 0.15) is 27.2 Å². The number of alkyl carbamates (subject to hydrolysis) is 1. The molecule has 19 nitrogen and oxygen atoms in total. The van der Waals surface area contributed by atoms with Crippen LogP contribution < -0.4 is 26.6 Å². The summed E-state index contributed by atoms with van der Waals surface area (Å²) in [5, 5.41) is 19.7. The first-order valence-electron chi connectivity index (χ1n) is 10.9. The fraction of sp³-hybridized carbons (Fsp3) is 0.636. The molecule has 0 aromatic rings. The minimum Gasteiger partial charge on any atom is -0.481 e. The Kier molecular flexibility index (Phi) is 57.8. The molecule has 0 aliphatic heterocycles. The number of aliphatic carboxylic acids is 1. The molecular formula is C22H47N5O14. The second kappa shape index (κ2) is 45.1. The zero-order chi connectivity index (χ0) is 34.4. The molecule has 0 aliphatic rings. The molecular weight excluding hydrogens is 558 g/mol. The number of esters is 2. The van der Waals surface area contributed by atoms with Gasteiger partial charge in [-0.1, -0.05) is 0 Å². The van der Waals surface area contributed by atoms with Gasteiger partial charge in [0.2, 0.25) is 11.8 Å². The standard InChI is InChI=1S/C4H6O4.C3H8N2O.C3H7NO2.2C3H7NO.C3H6O3.C3H6O2/c1-8-4(7)2-3(5)6;1-4-3(6)5-2;1-4-3(5)6-2;2*1-3(5)4-2;1-5-3(4)6-2;1-3(4)5-2/h2H2,1H3,(H,5,6);1-2H3,(H2,4,5,6);1-2H3,(H,4,5);2*1-2H3,(H,4,5);1-2H3;1-2H3. The van der Waals surface area contributed by atoms with E-state index in [4.69, 9.17) is 5.11 Å². The van der Waals surface area contributed by atoms with Gasteiger partial charge in [-0.05, 0) is 0 Å². The molecule has 0 heterocycles. The predicted molar refractivity (Wildman–Crippen MR) is 146 cm³/mol. The van der Waals surface area contributed by atoms with Crippen LogP contribution >= 0.6 is 0 Å². The largest absolute Gasteiger partial charge is 0.507 e. The van der Waals surface area contributed by atoms with E-state index in [9.17, 15) is 38.4 Å².